The maximum Gasteiger partial charge on any atom is 0.156 e. The Bertz CT molecular complexity index is 1160. The highest BCUT2D eigenvalue weighted by molar-refractivity contribution is 5.72. The van der Waals surface area contributed by atoms with Gasteiger partial charge in [-0.2, -0.15) is 0 Å². The van der Waals surface area contributed by atoms with Crippen molar-refractivity contribution in [2.24, 2.45) is 0 Å². The van der Waals surface area contributed by atoms with Crippen molar-refractivity contribution in [2.45, 2.75) is 20.5 Å². The van der Waals surface area contributed by atoms with Crippen LogP contribution in [-0.4, -0.2) is 27.0 Å². The highest BCUT2D eigenvalue weighted by Gasteiger charge is 2.16. The number of hydrogen-bond donors (Lipinski definition) is 1. The van der Waals surface area contributed by atoms with E-state index in [1.807, 2.05) is 50.4 Å². The fourth-order valence-corrected chi connectivity index (χ4v) is 3.06. The predicted octanol–water partition coefficient (Wildman–Crippen LogP) is 4.88. The first kappa shape index (κ1) is 19.6. The summed E-state index contributed by atoms with van der Waals surface area (Å²) in [5.41, 5.74) is 4.93. The molecule has 0 bridgehead atoms. The molecule has 0 fully saturated rings. The van der Waals surface area contributed by atoms with Crippen molar-refractivity contribution in [3.8, 4) is 34.3 Å². The average Bonchev–Trinajstić information content (AvgIpc) is 3.15. The van der Waals surface area contributed by atoms with E-state index in [4.69, 9.17) is 9.47 Å². The molecule has 3 aromatic heterocycles. The molecule has 0 spiro atoms. The number of aryl methyl sites for hydroxylation is 2. The number of H-pyrrole nitrogens is 1. The van der Waals surface area contributed by atoms with Crippen LogP contribution >= 0.6 is 0 Å². The van der Waals surface area contributed by atoms with Crippen molar-refractivity contribution >= 4 is 0 Å². The summed E-state index contributed by atoms with van der Waals surface area (Å²) in [6.45, 7) is 4.28. The second-order valence-corrected chi connectivity index (χ2v) is 6.90. The van der Waals surface area contributed by atoms with Crippen LogP contribution in [0.25, 0.3) is 22.8 Å². The van der Waals surface area contributed by atoms with Gasteiger partial charge in [0.1, 0.15) is 29.6 Å². The monoisotopic (exact) mass is 404 g/mol. The Morgan fingerprint density at radius 2 is 1.87 bits per heavy atom. The third kappa shape index (κ3) is 4.15. The Labute approximate surface area is 173 Å². The molecule has 0 aliphatic heterocycles. The lowest BCUT2D eigenvalue weighted by Gasteiger charge is -2.11. The summed E-state index contributed by atoms with van der Waals surface area (Å²) >= 11 is 0. The molecule has 0 aliphatic carbocycles. The van der Waals surface area contributed by atoms with Crippen LogP contribution in [0, 0.1) is 19.7 Å². The third-order valence-electron chi connectivity index (χ3n) is 4.64. The van der Waals surface area contributed by atoms with Crippen molar-refractivity contribution in [3.63, 3.8) is 0 Å². The first-order valence-electron chi connectivity index (χ1n) is 9.45. The highest BCUT2D eigenvalue weighted by Crippen LogP contribution is 2.35. The topological polar surface area (TPSA) is 72.9 Å². The molecule has 0 aliphatic rings. The molecule has 0 radical (unpaired) electrons. The zero-order chi connectivity index (χ0) is 21.1. The number of aromatic amines is 1. The summed E-state index contributed by atoms with van der Waals surface area (Å²) in [5, 5.41) is 0. The van der Waals surface area contributed by atoms with Gasteiger partial charge in [-0.3, -0.25) is 4.98 Å². The van der Waals surface area contributed by atoms with Gasteiger partial charge < -0.3 is 14.5 Å². The van der Waals surface area contributed by atoms with Crippen molar-refractivity contribution in [1.82, 2.24) is 19.9 Å². The van der Waals surface area contributed by atoms with Crippen LogP contribution in [-0.2, 0) is 6.61 Å². The largest absolute Gasteiger partial charge is 0.496 e. The molecule has 4 aromatic rings. The SMILES string of the molecule is COc1cc(OCc2ccc(C)cn2)ccc1-c1nc(-c2ccc(F)cn2)[nH]c1C. The van der Waals surface area contributed by atoms with E-state index >= 15 is 0 Å². The molecular formula is C23H21FN4O2. The Morgan fingerprint density at radius 3 is 2.57 bits per heavy atom. The van der Waals surface area contributed by atoms with Crippen molar-refractivity contribution in [3.05, 3.63) is 77.6 Å². The molecule has 0 saturated heterocycles. The molecule has 30 heavy (non-hydrogen) atoms. The van der Waals surface area contributed by atoms with Crippen molar-refractivity contribution < 1.29 is 13.9 Å². The van der Waals surface area contributed by atoms with E-state index in [1.165, 1.54) is 12.3 Å². The van der Waals surface area contributed by atoms with Crippen molar-refractivity contribution in [2.75, 3.05) is 7.11 Å². The molecule has 1 N–H and O–H groups in total. The zero-order valence-electron chi connectivity index (χ0n) is 16.9. The second kappa shape index (κ2) is 8.32. The van der Waals surface area contributed by atoms with Crippen LogP contribution in [0.5, 0.6) is 11.5 Å². The Kier molecular flexibility index (Phi) is 5.43. The molecule has 152 valence electrons. The number of nitrogens with zero attached hydrogens (tertiary/aromatic N) is 3. The molecular weight excluding hydrogens is 383 g/mol. The predicted molar refractivity (Wildman–Crippen MR) is 112 cm³/mol. The lowest BCUT2D eigenvalue weighted by molar-refractivity contribution is 0.299. The van der Waals surface area contributed by atoms with Gasteiger partial charge in [-0.15, -0.1) is 0 Å². The number of aromatic nitrogens is 4. The lowest BCUT2D eigenvalue weighted by Crippen LogP contribution is -1.99. The number of nitrogens with one attached hydrogen (secondary N) is 1. The van der Waals surface area contributed by atoms with E-state index in [0.717, 1.165) is 28.2 Å². The van der Waals surface area contributed by atoms with Gasteiger partial charge in [0.05, 0.1) is 24.7 Å². The molecule has 7 heteroatoms. The summed E-state index contributed by atoms with van der Waals surface area (Å²) in [6.07, 6.45) is 2.98. The first-order valence-corrected chi connectivity index (χ1v) is 9.45. The van der Waals surface area contributed by atoms with Crippen LogP contribution in [0.4, 0.5) is 4.39 Å². The van der Waals surface area contributed by atoms with E-state index in [-0.39, 0.29) is 5.82 Å². The normalized spacial score (nSPS) is 10.8. The third-order valence-corrected chi connectivity index (χ3v) is 4.64. The van der Waals surface area contributed by atoms with Gasteiger partial charge in [-0.05, 0) is 49.7 Å². The lowest BCUT2D eigenvalue weighted by atomic mass is 10.1. The Balaban J connectivity index is 1.58. The average molecular weight is 404 g/mol. The fourth-order valence-electron chi connectivity index (χ4n) is 3.06. The summed E-state index contributed by atoms with van der Waals surface area (Å²) in [7, 11) is 1.61. The van der Waals surface area contributed by atoms with Crippen LogP contribution in [0.2, 0.25) is 0 Å². The minimum Gasteiger partial charge on any atom is -0.496 e. The summed E-state index contributed by atoms with van der Waals surface area (Å²) in [5.74, 6) is 1.49. The smallest absolute Gasteiger partial charge is 0.156 e. The number of methoxy groups -OCH3 is 1. The number of imidazole rings is 1. The summed E-state index contributed by atoms with van der Waals surface area (Å²) in [6, 6.07) is 12.5. The minimum absolute atomic E-state index is 0.366. The van der Waals surface area contributed by atoms with Crippen LogP contribution in [0.1, 0.15) is 17.0 Å². The fraction of sp³-hybridized carbons (Fsp3) is 0.174. The Morgan fingerprint density at radius 1 is 1.00 bits per heavy atom. The Hall–Kier alpha value is -3.74. The van der Waals surface area contributed by atoms with E-state index in [9.17, 15) is 4.39 Å². The molecule has 0 unspecified atom stereocenters. The molecule has 4 rings (SSSR count). The van der Waals surface area contributed by atoms with Gasteiger partial charge in [0.25, 0.3) is 0 Å². The number of pyridine rings is 2. The number of ether oxygens (including phenoxy) is 2. The number of benzene rings is 1. The van der Waals surface area contributed by atoms with Gasteiger partial charge in [-0.1, -0.05) is 6.07 Å². The van der Waals surface area contributed by atoms with E-state index in [1.54, 1.807) is 13.2 Å². The van der Waals surface area contributed by atoms with Crippen LogP contribution in [0.15, 0.2) is 54.9 Å². The number of hydrogen-bond acceptors (Lipinski definition) is 5. The van der Waals surface area contributed by atoms with E-state index in [2.05, 4.69) is 19.9 Å². The van der Waals surface area contributed by atoms with Crippen LogP contribution < -0.4 is 9.47 Å². The van der Waals surface area contributed by atoms with Gasteiger partial charge in [0.2, 0.25) is 0 Å². The number of halogens is 1. The summed E-state index contributed by atoms with van der Waals surface area (Å²) < 4.78 is 24.6. The van der Waals surface area contributed by atoms with E-state index in [0.29, 0.717) is 29.6 Å². The van der Waals surface area contributed by atoms with Crippen LogP contribution in [0.3, 0.4) is 0 Å². The maximum absolute atomic E-state index is 13.2. The molecule has 3 heterocycles. The molecule has 0 amide bonds. The van der Waals surface area contributed by atoms with Gasteiger partial charge in [0, 0.05) is 23.5 Å². The molecule has 0 atom stereocenters. The second-order valence-electron chi connectivity index (χ2n) is 6.90. The van der Waals surface area contributed by atoms with E-state index < -0.39 is 0 Å². The molecule has 0 saturated carbocycles. The zero-order valence-corrected chi connectivity index (χ0v) is 16.9. The quantitative estimate of drug-likeness (QED) is 0.496. The van der Waals surface area contributed by atoms with Gasteiger partial charge in [-0.25, -0.2) is 14.4 Å². The van der Waals surface area contributed by atoms with Gasteiger partial charge >= 0.3 is 0 Å². The summed E-state index contributed by atoms with van der Waals surface area (Å²) in [4.78, 5) is 16.3. The first-order chi connectivity index (χ1) is 14.5. The number of rotatable bonds is 6. The molecule has 1 aromatic carbocycles. The standard InChI is InChI=1S/C23H21FN4O2/c1-14-4-6-17(25-11-14)13-30-18-7-8-19(21(10-18)29-3)22-15(2)27-23(28-22)20-9-5-16(24)12-26-20/h4-12H,13H2,1-3H3,(H,27,28). The molecule has 6 nitrogen and oxygen atoms in total. The van der Waals surface area contributed by atoms with Gasteiger partial charge in [0.15, 0.2) is 5.82 Å². The highest BCUT2D eigenvalue weighted by atomic mass is 19.1. The minimum atomic E-state index is -0.389. The maximum atomic E-state index is 13.2. The van der Waals surface area contributed by atoms with Crippen molar-refractivity contribution in [1.29, 1.82) is 0 Å².